The number of nitrogens with one attached hydrogen (secondary N) is 2. The predicted molar refractivity (Wildman–Crippen MR) is 110 cm³/mol. The average Bonchev–Trinajstić information content (AvgIpc) is 3.25. The first-order valence-electron chi connectivity index (χ1n) is 8.62. The van der Waals surface area contributed by atoms with Gasteiger partial charge in [0.05, 0.1) is 42.5 Å². The summed E-state index contributed by atoms with van der Waals surface area (Å²) in [5.74, 6) is 1.08. The van der Waals surface area contributed by atoms with E-state index in [9.17, 15) is 16.8 Å². The molecule has 0 atom stereocenters. The fourth-order valence-electron chi connectivity index (χ4n) is 2.59. The zero-order valence-electron chi connectivity index (χ0n) is 16.2. The minimum atomic E-state index is -4.00. The highest BCUT2D eigenvalue weighted by Crippen LogP contribution is 2.30. The van der Waals surface area contributed by atoms with Gasteiger partial charge in [0.1, 0.15) is 5.76 Å². The molecular formula is C19H20N2O7S2. The van der Waals surface area contributed by atoms with Crippen LogP contribution >= 0.6 is 0 Å². The molecule has 0 spiro atoms. The fourth-order valence-corrected chi connectivity index (χ4v) is 4.69. The van der Waals surface area contributed by atoms with Crippen LogP contribution in [0.2, 0.25) is 0 Å². The average molecular weight is 453 g/mol. The first-order chi connectivity index (χ1) is 14.2. The van der Waals surface area contributed by atoms with Crippen LogP contribution in [0.15, 0.2) is 75.1 Å². The molecule has 0 saturated carbocycles. The quantitative estimate of drug-likeness (QED) is 0.511. The maximum atomic E-state index is 12.7. The third-order valence-electron chi connectivity index (χ3n) is 4.08. The van der Waals surface area contributed by atoms with Crippen molar-refractivity contribution in [1.82, 2.24) is 4.72 Å². The fraction of sp³-hybridized carbons (Fsp3) is 0.158. The lowest BCUT2D eigenvalue weighted by Gasteiger charge is -2.12. The van der Waals surface area contributed by atoms with Crippen molar-refractivity contribution in [2.45, 2.75) is 16.3 Å². The van der Waals surface area contributed by atoms with E-state index in [1.807, 2.05) is 0 Å². The Hall–Kier alpha value is -3.02. The molecule has 2 aromatic carbocycles. The largest absolute Gasteiger partial charge is 0.493 e. The Kier molecular flexibility index (Phi) is 6.34. The maximum Gasteiger partial charge on any atom is 0.262 e. The predicted octanol–water partition coefficient (Wildman–Crippen LogP) is 2.58. The van der Waals surface area contributed by atoms with Crippen LogP contribution in [0.4, 0.5) is 5.69 Å². The van der Waals surface area contributed by atoms with E-state index in [-0.39, 0.29) is 27.8 Å². The van der Waals surface area contributed by atoms with Crippen LogP contribution in [0.1, 0.15) is 5.76 Å². The number of rotatable bonds is 9. The van der Waals surface area contributed by atoms with E-state index in [0.29, 0.717) is 11.5 Å². The maximum absolute atomic E-state index is 12.7. The van der Waals surface area contributed by atoms with Gasteiger partial charge in [-0.1, -0.05) is 6.07 Å². The highest BCUT2D eigenvalue weighted by atomic mass is 32.2. The van der Waals surface area contributed by atoms with E-state index in [4.69, 9.17) is 13.9 Å². The summed E-state index contributed by atoms with van der Waals surface area (Å²) in [5, 5.41) is 0. The van der Waals surface area contributed by atoms with Gasteiger partial charge in [0.25, 0.3) is 10.0 Å². The molecule has 0 aliphatic rings. The number of furan rings is 1. The molecule has 0 radical (unpaired) electrons. The van der Waals surface area contributed by atoms with Crippen LogP contribution in [0.25, 0.3) is 0 Å². The summed E-state index contributed by atoms with van der Waals surface area (Å²) in [6.45, 7) is -0.0308. The van der Waals surface area contributed by atoms with Gasteiger partial charge in [-0.25, -0.2) is 21.6 Å². The molecule has 1 heterocycles. The Morgan fingerprint density at radius 1 is 0.833 bits per heavy atom. The molecule has 3 rings (SSSR count). The monoisotopic (exact) mass is 452 g/mol. The van der Waals surface area contributed by atoms with Gasteiger partial charge in [-0.15, -0.1) is 0 Å². The second kappa shape index (κ2) is 8.78. The Bertz CT molecular complexity index is 1220. The van der Waals surface area contributed by atoms with Crippen LogP contribution in [-0.2, 0) is 26.6 Å². The van der Waals surface area contributed by atoms with Gasteiger partial charge in [0.15, 0.2) is 11.5 Å². The van der Waals surface area contributed by atoms with E-state index in [0.717, 1.165) is 0 Å². The van der Waals surface area contributed by atoms with Crippen LogP contribution in [0.3, 0.4) is 0 Å². The van der Waals surface area contributed by atoms with Crippen LogP contribution in [0.5, 0.6) is 11.5 Å². The standard InChI is InChI=1S/C19H20N2O7S2/c1-26-18-9-8-17(12-19(18)27-2)30(24,25)21-14-5-3-7-16(11-14)29(22,23)20-13-15-6-4-10-28-15/h3-12,20-21H,13H2,1-2H3. The van der Waals surface area contributed by atoms with Crippen molar-refractivity contribution in [2.75, 3.05) is 18.9 Å². The van der Waals surface area contributed by atoms with Crippen molar-refractivity contribution >= 4 is 25.7 Å². The first kappa shape index (κ1) is 21.7. The van der Waals surface area contributed by atoms with E-state index < -0.39 is 20.0 Å². The molecule has 0 amide bonds. The molecule has 11 heteroatoms. The van der Waals surface area contributed by atoms with Gasteiger partial charge in [0, 0.05) is 6.07 Å². The highest BCUT2D eigenvalue weighted by Gasteiger charge is 2.19. The summed E-state index contributed by atoms with van der Waals surface area (Å²) >= 11 is 0. The Morgan fingerprint density at radius 3 is 2.23 bits per heavy atom. The Morgan fingerprint density at radius 2 is 1.57 bits per heavy atom. The topological polar surface area (TPSA) is 124 Å². The minimum Gasteiger partial charge on any atom is -0.493 e. The third-order valence-corrected chi connectivity index (χ3v) is 6.86. The summed E-state index contributed by atoms with van der Waals surface area (Å²) in [7, 11) is -5.04. The molecule has 30 heavy (non-hydrogen) atoms. The molecule has 0 fully saturated rings. The molecule has 0 aliphatic carbocycles. The SMILES string of the molecule is COc1ccc(S(=O)(=O)Nc2cccc(S(=O)(=O)NCc3ccco3)c2)cc1OC. The lowest BCUT2D eigenvalue weighted by atomic mass is 10.3. The summed E-state index contributed by atoms with van der Waals surface area (Å²) in [4.78, 5) is -0.161. The van der Waals surface area contributed by atoms with E-state index >= 15 is 0 Å². The van der Waals surface area contributed by atoms with Crippen molar-refractivity contribution in [2.24, 2.45) is 0 Å². The number of hydrogen-bond donors (Lipinski definition) is 2. The number of methoxy groups -OCH3 is 2. The molecule has 0 bridgehead atoms. The molecule has 160 valence electrons. The number of sulfonamides is 2. The summed E-state index contributed by atoms with van der Waals surface area (Å²) < 4.78 is 70.6. The second-order valence-electron chi connectivity index (χ2n) is 6.05. The summed E-state index contributed by atoms with van der Waals surface area (Å²) in [6, 6.07) is 12.9. The van der Waals surface area contributed by atoms with Gasteiger partial charge in [-0.2, -0.15) is 0 Å². The van der Waals surface area contributed by atoms with Crippen LogP contribution in [0, 0.1) is 0 Å². The molecule has 3 aromatic rings. The van der Waals surface area contributed by atoms with Gasteiger partial charge in [-0.05, 0) is 42.5 Å². The van der Waals surface area contributed by atoms with E-state index in [2.05, 4.69) is 9.44 Å². The highest BCUT2D eigenvalue weighted by molar-refractivity contribution is 7.92. The molecule has 0 aliphatic heterocycles. The van der Waals surface area contributed by atoms with Crippen molar-refractivity contribution in [3.63, 3.8) is 0 Å². The Balaban J connectivity index is 1.82. The lowest BCUT2D eigenvalue weighted by Crippen LogP contribution is -2.23. The van der Waals surface area contributed by atoms with Crippen LogP contribution in [-0.4, -0.2) is 31.1 Å². The summed E-state index contributed by atoms with van der Waals surface area (Å²) in [5.41, 5.74) is 0.0886. The molecule has 0 saturated heterocycles. The summed E-state index contributed by atoms with van der Waals surface area (Å²) in [6.07, 6.45) is 1.44. The van der Waals surface area contributed by atoms with Gasteiger partial charge >= 0.3 is 0 Å². The molecule has 9 nitrogen and oxygen atoms in total. The van der Waals surface area contributed by atoms with E-state index in [1.54, 1.807) is 12.1 Å². The zero-order chi connectivity index (χ0) is 21.8. The molecule has 1 aromatic heterocycles. The van der Waals surface area contributed by atoms with Crippen molar-refractivity contribution in [3.05, 3.63) is 66.6 Å². The lowest BCUT2D eigenvalue weighted by molar-refractivity contribution is 0.354. The minimum absolute atomic E-state index is 0.0308. The van der Waals surface area contributed by atoms with Crippen molar-refractivity contribution in [1.29, 1.82) is 0 Å². The molecular weight excluding hydrogens is 432 g/mol. The van der Waals surface area contributed by atoms with Crippen molar-refractivity contribution < 1.29 is 30.7 Å². The van der Waals surface area contributed by atoms with Gasteiger partial charge in [-0.3, -0.25) is 4.72 Å². The zero-order valence-corrected chi connectivity index (χ0v) is 17.8. The normalized spacial score (nSPS) is 11.8. The van der Waals surface area contributed by atoms with Gasteiger partial charge in [0.2, 0.25) is 10.0 Å². The van der Waals surface area contributed by atoms with Crippen molar-refractivity contribution in [3.8, 4) is 11.5 Å². The number of hydrogen-bond acceptors (Lipinski definition) is 7. The van der Waals surface area contributed by atoms with Gasteiger partial charge < -0.3 is 13.9 Å². The van der Waals surface area contributed by atoms with E-state index in [1.165, 1.54) is 62.9 Å². The number of benzene rings is 2. The Labute approximate surface area is 174 Å². The first-order valence-corrected chi connectivity index (χ1v) is 11.6. The number of ether oxygens (including phenoxy) is 2. The second-order valence-corrected chi connectivity index (χ2v) is 9.50. The smallest absolute Gasteiger partial charge is 0.262 e. The molecule has 0 unspecified atom stereocenters. The number of anilines is 1. The third kappa shape index (κ3) is 4.93. The van der Waals surface area contributed by atoms with Crippen LogP contribution < -0.4 is 18.9 Å². The molecule has 2 N–H and O–H groups in total.